The lowest BCUT2D eigenvalue weighted by Crippen LogP contribution is -2.20. The second-order valence-electron chi connectivity index (χ2n) is 4.65. The SMILES string of the molecule is CNC(CSCCS(C)(=O)=O)c1ccc(OC)cc1OC. The summed E-state index contributed by atoms with van der Waals surface area (Å²) in [6, 6.07) is 5.80. The third-order valence-corrected chi connectivity index (χ3v) is 5.31. The Kier molecular flexibility index (Phi) is 7.34. The van der Waals surface area contributed by atoms with Crippen molar-refractivity contribution in [2.45, 2.75) is 6.04 Å². The average Bonchev–Trinajstić information content (AvgIpc) is 2.46. The molecule has 1 atom stereocenters. The van der Waals surface area contributed by atoms with Crippen LogP contribution in [0.5, 0.6) is 11.5 Å². The fourth-order valence-electron chi connectivity index (χ4n) is 1.85. The molecular weight excluding hydrogens is 310 g/mol. The van der Waals surface area contributed by atoms with Crippen molar-refractivity contribution < 1.29 is 17.9 Å². The van der Waals surface area contributed by atoms with Gasteiger partial charge in [0, 0.05) is 35.4 Å². The fraction of sp³-hybridized carbons (Fsp3) is 0.571. The minimum Gasteiger partial charge on any atom is -0.497 e. The first-order valence-corrected chi connectivity index (χ1v) is 9.77. The van der Waals surface area contributed by atoms with Crippen LogP contribution in [-0.2, 0) is 9.84 Å². The van der Waals surface area contributed by atoms with Gasteiger partial charge in [-0.15, -0.1) is 0 Å². The van der Waals surface area contributed by atoms with Gasteiger partial charge in [-0.1, -0.05) is 6.07 Å². The minimum atomic E-state index is -2.90. The lowest BCUT2D eigenvalue weighted by atomic mass is 10.1. The van der Waals surface area contributed by atoms with E-state index in [4.69, 9.17) is 9.47 Å². The molecule has 1 aromatic carbocycles. The highest BCUT2D eigenvalue weighted by Crippen LogP contribution is 2.31. The molecular formula is C14H23NO4S2. The molecule has 1 unspecified atom stereocenters. The van der Waals surface area contributed by atoms with Crippen molar-refractivity contribution in [2.75, 3.05) is 44.8 Å². The van der Waals surface area contributed by atoms with Gasteiger partial charge in [0.15, 0.2) is 0 Å². The zero-order valence-electron chi connectivity index (χ0n) is 12.9. The summed E-state index contributed by atoms with van der Waals surface area (Å²) in [6.07, 6.45) is 1.26. The highest BCUT2D eigenvalue weighted by molar-refractivity contribution is 8.00. The monoisotopic (exact) mass is 333 g/mol. The highest BCUT2D eigenvalue weighted by atomic mass is 32.2. The Bertz CT molecular complexity index is 546. The van der Waals surface area contributed by atoms with Gasteiger partial charge in [-0.3, -0.25) is 0 Å². The number of sulfone groups is 1. The quantitative estimate of drug-likeness (QED) is 0.695. The highest BCUT2D eigenvalue weighted by Gasteiger charge is 2.15. The Hall–Kier alpha value is -0.920. The maximum absolute atomic E-state index is 11.1. The van der Waals surface area contributed by atoms with Crippen LogP contribution in [0, 0.1) is 0 Å². The summed E-state index contributed by atoms with van der Waals surface area (Å²) in [5, 5.41) is 3.24. The summed E-state index contributed by atoms with van der Waals surface area (Å²) in [4.78, 5) is 0. The van der Waals surface area contributed by atoms with E-state index in [1.165, 1.54) is 6.26 Å². The Morgan fingerprint density at radius 3 is 2.52 bits per heavy atom. The van der Waals surface area contributed by atoms with Gasteiger partial charge < -0.3 is 14.8 Å². The fourth-order valence-corrected chi connectivity index (χ4v) is 4.28. The lowest BCUT2D eigenvalue weighted by Gasteiger charge is -2.19. The summed E-state index contributed by atoms with van der Waals surface area (Å²) in [6.45, 7) is 0. The summed E-state index contributed by atoms with van der Waals surface area (Å²) >= 11 is 1.61. The van der Waals surface area contributed by atoms with E-state index in [-0.39, 0.29) is 11.8 Å². The van der Waals surface area contributed by atoms with Crippen LogP contribution in [0.4, 0.5) is 0 Å². The summed E-state index contributed by atoms with van der Waals surface area (Å²) in [5.41, 5.74) is 1.03. The van der Waals surface area contributed by atoms with Crippen LogP contribution in [0.2, 0.25) is 0 Å². The largest absolute Gasteiger partial charge is 0.497 e. The van der Waals surface area contributed by atoms with Crippen LogP contribution in [-0.4, -0.2) is 53.2 Å². The molecule has 21 heavy (non-hydrogen) atoms. The molecule has 0 amide bonds. The van der Waals surface area contributed by atoms with E-state index in [0.717, 1.165) is 22.8 Å². The maximum atomic E-state index is 11.1. The van der Waals surface area contributed by atoms with Crippen molar-refractivity contribution in [3.63, 3.8) is 0 Å². The topological polar surface area (TPSA) is 64.6 Å². The van der Waals surface area contributed by atoms with Crippen molar-refractivity contribution in [1.29, 1.82) is 0 Å². The molecule has 0 spiro atoms. The van der Waals surface area contributed by atoms with E-state index in [2.05, 4.69) is 5.32 Å². The van der Waals surface area contributed by atoms with Crippen molar-refractivity contribution in [2.24, 2.45) is 0 Å². The molecule has 5 nitrogen and oxygen atoms in total. The first-order valence-electron chi connectivity index (χ1n) is 6.56. The van der Waals surface area contributed by atoms with Gasteiger partial charge in [0.2, 0.25) is 0 Å². The van der Waals surface area contributed by atoms with Crippen LogP contribution < -0.4 is 14.8 Å². The third kappa shape index (κ3) is 6.15. The standard InChI is InChI=1S/C14H23NO4S2/c1-15-13(10-20-7-8-21(4,16)17)12-6-5-11(18-2)9-14(12)19-3/h5-6,9,13,15H,7-8,10H2,1-4H3. The number of nitrogens with one attached hydrogen (secondary N) is 1. The Labute approximate surface area is 131 Å². The Balaban J connectivity index is 2.71. The van der Waals surface area contributed by atoms with Crippen molar-refractivity contribution in [1.82, 2.24) is 5.32 Å². The first-order chi connectivity index (χ1) is 9.91. The van der Waals surface area contributed by atoms with Crippen LogP contribution >= 0.6 is 11.8 Å². The molecule has 0 saturated heterocycles. The van der Waals surface area contributed by atoms with E-state index in [1.54, 1.807) is 26.0 Å². The molecule has 1 rings (SSSR count). The molecule has 0 aliphatic rings. The van der Waals surface area contributed by atoms with Gasteiger partial charge >= 0.3 is 0 Å². The van der Waals surface area contributed by atoms with Gasteiger partial charge in [0.05, 0.1) is 20.0 Å². The molecule has 1 aromatic rings. The molecule has 0 aliphatic carbocycles. The minimum absolute atomic E-state index is 0.0930. The van der Waals surface area contributed by atoms with E-state index in [1.807, 2.05) is 25.2 Å². The van der Waals surface area contributed by atoms with Crippen molar-refractivity contribution in [3.05, 3.63) is 23.8 Å². The summed E-state index contributed by atoms with van der Waals surface area (Å²) < 4.78 is 32.8. The maximum Gasteiger partial charge on any atom is 0.148 e. The van der Waals surface area contributed by atoms with Gasteiger partial charge in [-0.2, -0.15) is 11.8 Å². The number of ether oxygens (including phenoxy) is 2. The van der Waals surface area contributed by atoms with Gasteiger partial charge in [-0.25, -0.2) is 8.42 Å². The number of hydrogen-bond acceptors (Lipinski definition) is 6. The number of rotatable bonds is 9. The van der Waals surface area contributed by atoms with Crippen molar-refractivity contribution in [3.8, 4) is 11.5 Å². The predicted molar refractivity (Wildman–Crippen MR) is 88.4 cm³/mol. The third-order valence-electron chi connectivity index (χ3n) is 3.05. The van der Waals surface area contributed by atoms with E-state index in [0.29, 0.717) is 5.75 Å². The first kappa shape index (κ1) is 18.1. The van der Waals surface area contributed by atoms with Gasteiger partial charge in [0.25, 0.3) is 0 Å². The second kappa shape index (κ2) is 8.51. The smallest absolute Gasteiger partial charge is 0.148 e. The van der Waals surface area contributed by atoms with Crippen LogP contribution in [0.1, 0.15) is 11.6 Å². The molecule has 0 saturated carbocycles. The molecule has 0 radical (unpaired) electrons. The van der Waals surface area contributed by atoms with E-state index >= 15 is 0 Å². The van der Waals surface area contributed by atoms with Crippen LogP contribution in [0.15, 0.2) is 18.2 Å². The average molecular weight is 333 g/mol. The van der Waals surface area contributed by atoms with E-state index < -0.39 is 9.84 Å². The van der Waals surface area contributed by atoms with Gasteiger partial charge in [-0.05, 0) is 13.1 Å². The summed E-state index contributed by atoms with van der Waals surface area (Å²) in [5.74, 6) is 3.07. The number of benzene rings is 1. The molecule has 0 bridgehead atoms. The molecule has 0 aliphatic heterocycles. The Morgan fingerprint density at radius 2 is 2.00 bits per heavy atom. The molecule has 0 heterocycles. The number of methoxy groups -OCH3 is 2. The predicted octanol–water partition coefficient (Wildman–Crippen LogP) is 1.74. The molecule has 0 aromatic heterocycles. The number of thioether (sulfide) groups is 1. The van der Waals surface area contributed by atoms with Crippen LogP contribution in [0.3, 0.4) is 0 Å². The van der Waals surface area contributed by atoms with Crippen molar-refractivity contribution >= 4 is 21.6 Å². The van der Waals surface area contributed by atoms with Crippen LogP contribution in [0.25, 0.3) is 0 Å². The van der Waals surface area contributed by atoms with E-state index in [9.17, 15) is 8.42 Å². The van der Waals surface area contributed by atoms with Gasteiger partial charge in [0.1, 0.15) is 21.3 Å². The number of hydrogen-bond donors (Lipinski definition) is 1. The lowest BCUT2D eigenvalue weighted by molar-refractivity contribution is 0.387. The normalized spacial score (nSPS) is 13.0. The Morgan fingerprint density at radius 1 is 1.29 bits per heavy atom. The zero-order valence-corrected chi connectivity index (χ0v) is 14.5. The zero-order chi connectivity index (χ0) is 15.9. The molecule has 1 N–H and O–H groups in total. The molecule has 0 fully saturated rings. The molecule has 120 valence electrons. The summed E-state index contributed by atoms with van der Waals surface area (Å²) in [7, 11) is 2.23. The molecule has 7 heteroatoms. The second-order valence-corrected chi connectivity index (χ2v) is 8.06.